The van der Waals surface area contributed by atoms with Crippen molar-refractivity contribution in [2.45, 2.75) is 37.5 Å². The van der Waals surface area contributed by atoms with Crippen LogP contribution in [0.4, 0.5) is 11.5 Å². The molecule has 1 aliphatic rings. The van der Waals surface area contributed by atoms with E-state index in [1.807, 2.05) is 19.1 Å². The summed E-state index contributed by atoms with van der Waals surface area (Å²) >= 11 is 0. The van der Waals surface area contributed by atoms with Crippen LogP contribution in [0.25, 0.3) is 0 Å². The molecule has 0 spiro atoms. The summed E-state index contributed by atoms with van der Waals surface area (Å²) in [5.41, 5.74) is 0.593. The fourth-order valence-corrected chi connectivity index (χ4v) is 4.29. The molecule has 0 atom stereocenters. The average molecular weight is 433 g/mol. The number of ether oxygens (including phenoxy) is 1. The van der Waals surface area contributed by atoms with Crippen LogP contribution in [0.2, 0.25) is 0 Å². The van der Waals surface area contributed by atoms with Crippen molar-refractivity contribution in [2.75, 3.05) is 36.5 Å². The van der Waals surface area contributed by atoms with Gasteiger partial charge < -0.3 is 15.0 Å². The van der Waals surface area contributed by atoms with Crippen molar-refractivity contribution in [2.24, 2.45) is 0 Å². The molecule has 8 nitrogen and oxygen atoms in total. The van der Waals surface area contributed by atoms with Crippen LogP contribution in [0.15, 0.2) is 47.5 Å². The number of anilines is 2. The second-order valence-electron chi connectivity index (χ2n) is 7.05. The van der Waals surface area contributed by atoms with Crippen molar-refractivity contribution in [3.05, 3.63) is 42.6 Å². The fourth-order valence-electron chi connectivity index (χ4n) is 3.26. The standard InChI is InChI=1S/C21H28N4O4S/c1-2-29-18-7-9-19(10-8-18)30(27,28)23-13-12-21(26)24-17-6-11-20(22-16-17)25-14-4-3-5-15-25/h6-11,16,23H,2-5,12-15H2,1H3,(H,24,26). The van der Waals surface area contributed by atoms with Gasteiger partial charge in [-0.15, -0.1) is 0 Å². The van der Waals surface area contributed by atoms with Crippen molar-refractivity contribution in [1.82, 2.24) is 9.71 Å². The van der Waals surface area contributed by atoms with Crippen molar-refractivity contribution in [3.8, 4) is 5.75 Å². The summed E-state index contributed by atoms with van der Waals surface area (Å²) in [7, 11) is -3.68. The Morgan fingerprint density at radius 3 is 2.47 bits per heavy atom. The van der Waals surface area contributed by atoms with Crippen LogP contribution in [0.3, 0.4) is 0 Å². The number of amides is 1. The first kappa shape index (κ1) is 22.0. The van der Waals surface area contributed by atoms with Crippen LogP contribution in [0.5, 0.6) is 5.75 Å². The second-order valence-corrected chi connectivity index (χ2v) is 8.82. The van der Waals surface area contributed by atoms with Crippen molar-refractivity contribution in [3.63, 3.8) is 0 Å². The Hall–Kier alpha value is -2.65. The zero-order chi connectivity index (χ0) is 21.4. The highest BCUT2D eigenvalue weighted by Crippen LogP contribution is 2.19. The highest BCUT2D eigenvalue weighted by Gasteiger charge is 2.15. The van der Waals surface area contributed by atoms with Crippen molar-refractivity contribution < 1.29 is 17.9 Å². The molecule has 1 aromatic heterocycles. The van der Waals surface area contributed by atoms with Gasteiger partial charge in [0.15, 0.2) is 0 Å². The SMILES string of the molecule is CCOc1ccc(S(=O)(=O)NCCC(=O)Nc2ccc(N3CCCCC3)nc2)cc1. The molecule has 0 saturated carbocycles. The molecule has 9 heteroatoms. The number of benzene rings is 1. The quantitative estimate of drug-likeness (QED) is 0.632. The fraction of sp³-hybridized carbons (Fsp3) is 0.429. The van der Waals surface area contributed by atoms with E-state index in [1.165, 1.54) is 31.4 Å². The minimum absolute atomic E-state index is 0.000663. The predicted octanol–water partition coefficient (Wildman–Crippen LogP) is 2.78. The maximum Gasteiger partial charge on any atom is 0.240 e. The third-order valence-electron chi connectivity index (χ3n) is 4.80. The molecule has 30 heavy (non-hydrogen) atoms. The molecule has 1 fully saturated rings. The predicted molar refractivity (Wildman–Crippen MR) is 116 cm³/mol. The van der Waals surface area contributed by atoms with E-state index in [-0.39, 0.29) is 23.8 Å². The summed E-state index contributed by atoms with van der Waals surface area (Å²) in [4.78, 5) is 18.9. The normalized spacial score (nSPS) is 14.4. The lowest BCUT2D eigenvalue weighted by Crippen LogP contribution is -2.30. The Bertz CT molecular complexity index is 924. The molecular formula is C21H28N4O4S. The van der Waals surface area contributed by atoms with Crippen LogP contribution in [-0.4, -0.2) is 45.6 Å². The lowest BCUT2D eigenvalue weighted by Gasteiger charge is -2.27. The number of nitrogens with one attached hydrogen (secondary N) is 2. The van der Waals surface area contributed by atoms with Crippen molar-refractivity contribution >= 4 is 27.4 Å². The molecular weight excluding hydrogens is 404 g/mol. The minimum atomic E-state index is -3.68. The highest BCUT2D eigenvalue weighted by molar-refractivity contribution is 7.89. The first-order valence-corrected chi connectivity index (χ1v) is 11.7. The number of pyridine rings is 1. The second kappa shape index (κ2) is 10.4. The third-order valence-corrected chi connectivity index (χ3v) is 6.28. The van der Waals surface area contributed by atoms with Gasteiger partial charge in [-0.1, -0.05) is 0 Å². The molecule has 2 heterocycles. The number of carbonyl (C=O) groups excluding carboxylic acids is 1. The zero-order valence-electron chi connectivity index (χ0n) is 17.1. The Balaban J connectivity index is 1.46. The van der Waals surface area contributed by atoms with E-state index in [0.29, 0.717) is 18.0 Å². The molecule has 1 aromatic carbocycles. The van der Waals surface area contributed by atoms with Gasteiger partial charge >= 0.3 is 0 Å². The maximum atomic E-state index is 12.3. The van der Waals surface area contributed by atoms with Gasteiger partial charge in [0.2, 0.25) is 15.9 Å². The van der Waals surface area contributed by atoms with E-state index in [1.54, 1.807) is 18.3 Å². The lowest BCUT2D eigenvalue weighted by atomic mass is 10.1. The van der Waals surface area contributed by atoms with Gasteiger partial charge in [0.25, 0.3) is 0 Å². The maximum absolute atomic E-state index is 12.3. The van der Waals surface area contributed by atoms with Crippen LogP contribution >= 0.6 is 0 Å². The van der Waals surface area contributed by atoms with Gasteiger partial charge in [0.05, 0.1) is 23.4 Å². The van der Waals surface area contributed by atoms with Gasteiger partial charge in [0, 0.05) is 26.1 Å². The monoisotopic (exact) mass is 432 g/mol. The van der Waals surface area contributed by atoms with E-state index in [9.17, 15) is 13.2 Å². The summed E-state index contributed by atoms with van der Waals surface area (Å²) in [6, 6.07) is 9.87. The Kier molecular flexibility index (Phi) is 7.64. The molecule has 162 valence electrons. The van der Waals surface area contributed by atoms with Crippen LogP contribution < -0.4 is 19.7 Å². The number of nitrogens with zero attached hydrogens (tertiary/aromatic N) is 2. The number of rotatable bonds is 9. The Labute approximate surface area is 177 Å². The summed E-state index contributed by atoms with van der Waals surface area (Å²) in [5, 5.41) is 2.75. The number of hydrogen-bond donors (Lipinski definition) is 2. The smallest absolute Gasteiger partial charge is 0.240 e. The Morgan fingerprint density at radius 2 is 1.83 bits per heavy atom. The third kappa shape index (κ3) is 6.17. The summed E-state index contributed by atoms with van der Waals surface area (Å²) in [5.74, 6) is 1.24. The highest BCUT2D eigenvalue weighted by atomic mass is 32.2. The molecule has 0 radical (unpaired) electrons. The zero-order valence-corrected chi connectivity index (χ0v) is 18.0. The van der Waals surface area contributed by atoms with Gasteiger partial charge in [0.1, 0.15) is 11.6 Å². The summed E-state index contributed by atoms with van der Waals surface area (Å²) in [6.45, 7) is 4.38. The van der Waals surface area contributed by atoms with Gasteiger partial charge in [-0.3, -0.25) is 4.79 Å². The number of hydrogen-bond acceptors (Lipinski definition) is 6. The molecule has 0 aliphatic carbocycles. The number of aromatic nitrogens is 1. The first-order chi connectivity index (χ1) is 14.5. The molecule has 2 N–H and O–H groups in total. The van der Waals surface area contributed by atoms with E-state index < -0.39 is 10.0 Å². The van der Waals surface area contributed by atoms with Crippen LogP contribution in [-0.2, 0) is 14.8 Å². The lowest BCUT2D eigenvalue weighted by molar-refractivity contribution is -0.116. The molecule has 1 saturated heterocycles. The van der Waals surface area contributed by atoms with Crippen molar-refractivity contribution in [1.29, 1.82) is 0 Å². The molecule has 0 bridgehead atoms. The van der Waals surface area contributed by atoms with E-state index in [4.69, 9.17) is 4.74 Å². The van der Waals surface area contributed by atoms with E-state index >= 15 is 0 Å². The van der Waals surface area contributed by atoms with Crippen LogP contribution in [0, 0.1) is 0 Å². The molecule has 2 aromatic rings. The molecule has 1 amide bonds. The van der Waals surface area contributed by atoms with Crippen LogP contribution in [0.1, 0.15) is 32.6 Å². The van der Waals surface area contributed by atoms with Gasteiger partial charge in [-0.25, -0.2) is 18.1 Å². The summed E-state index contributed by atoms with van der Waals surface area (Å²) < 4.78 is 32.4. The molecule has 1 aliphatic heterocycles. The number of piperidine rings is 1. The summed E-state index contributed by atoms with van der Waals surface area (Å²) in [6.07, 6.45) is 5.25. The number of carbonyl (C=O) groups is 1. The largest absolute Gasteiger partial charge is 0.494 e. The first-order valence-electron chi connectivity index (χ1n) is 10.2. The van der Waals surface area contributed by atoms with Gasteiger partial charge in [-0.2, -0.15) is 0 Å². The Morgan fingerprint density at radius 1 is 1.10 bits per heavy atom. The molecule has 0 unspecified atom stereocenters. The van der Waals surface area contributed by atoms with E-state index in [0.717, 1.165) is 18.9 Å². The van der Waals surface area contributed by atoms with E-state index in [2.05, 4.69) is 19.9 Å². The minimum Gasteiger partial charge on any atom is -0.494 e. The average Bonchev–Trinajstić information content (AvgIpc) is 2.75. The topological polar surface area (TPSA) is 101 Å². The number of sulfonamides is 1. The molecule has 3 rings (SSSR count). The van der Waals surface area contributed by atoms with Gasteiger partial charge in [-0.05, 0) is 62.6 Å².